The van der Waals surface area contributed by atoms with Crippen LogP contribution in [0.3, 0.4) is 0 Å². The van der Waals surface area contributed by atoms with Gasteiger partial charge >= 0.3 is 5.69 Å². The zero-order chi connectivity index (χ0) is 17.3. The van der Waals surface area contributed by atoms with Gasteiger partial charge in [0.05, 0.1) is 17.8 Å². The van der Waals surface area contributed by atoms with E-state index in [4.69, 9.17) is 5.26 Å². The summed E-state index contributed by atoms with van der Waals surface area (Å²) in [6.45, 7) is 6.11. The quantitative estimate of drug-likeness (QED) is 0.884. The molecule has 1 saturated heterocycles. The van der Waals surface area contributed by atoms with E-state index in [-0.39, 0.29) is 18.3 Å². The Morgan fingerprint density at radius 1 is 1.42 bits per heavy atom. The first-order chi connectivity index (χ1) is 11.6. The Balaban J connectivity index is 2.15. The Labute approximate surface area is 140 Å². The zero-order valence-electron chi connectivity index (χ0n) is 14.4. The van der Waals surface area contributed by atoms with E-state index in [1.165, 1.54) is 4.57 Å². The minimum atomic E-state index is -0.296. The fourth-order valence-electron chi connectivity index (χ4n) is 3.25. The monoisotopic (exact) mass is 329 g/mol. The molecule has 1 fully saturated rings. The maximum Gasteiger partial charge on any atom is 0.349 e. The normalized spacial score (nSPS) is 21.2. The number of nitrogens with zero attached hydrogens (tertiary/aromatic N) is 6. The number of fused-ring (bicyclic) bond motifs is 1. The van der Waals surface area contributed by atoms with Gasteiger partial charge in [-0.05, 0) is 12.8 Å². The molecular formula is C16H23N7O. The molecule has 8 nitrogen and oxygen atoms in total. The molecule has 1 N–H and O–H groups in total. The highest BCUT2D eigenvalue weighted by Gasteiger charge is 2.29. The summed E-state index contributed by atoms with van der Waals surface area (Å²) in [4.78, 5) is 18.8. The van der Waals surface area contributed by atoms with Crippen molar-refractivity contribution in [1.82, 2.24) is 24.6 Å². The molecule has 0 amide bonds. The second kappa shape index (κ2) is 6.61. The largest absolute Gasteiger partial charge is 0.349 e. The Morgan fingerprint density at radius 3 is 2.88 bits per heavy atom. The molecule has 24 heavy (non-hydrogen) atoms. The minimum absolute atomic E-state index is 0.151. The van der Waals surface area contributed by atoms with Crippen LogP contribution in [0.2, 0.25) is 0 Å². The van der Waals surface area contributed by atoms with Crippen molar-refractivity contribution in [3.8, 4) is 6.07 Å². The van der Waals surface area contributed by atoms with Gasteiger partial charge in [0.15, 0.2) is 11.3 Å². The summed E-state index contributed by atoms with van der Waals surface area (Å²) in [5.74, 6) is 0.636. The maximum atomic E-state index is 12.3. The molecule has 128 valence electrons. The third kappa shape index (κ3) is 2.76. The number of nitriles is 1. The van der Waals surface area contributed by atoms with Gasteiger partial charge in [-0.25, -0.2) is 4.79 Å². The molecule has 2 aromatic heterocycles. The van der Waals surface area contributed by atoms with E-state index in [1.54, 1.807) is 17.9 Å². The molecule has 3 heterocycles. The van der Waals surface area contributed by atoms with Gasteiger partial charge in [-0.15, -0.1) is 0 Å². The lowest BCUT2D eigenvalue weighted by atomic mass is 10.1. The third-order valence-electron chi connectivity index (χ3n) is 4.77. The summed E-state index contributed by atoms with van der Waals surface area (Å²) in [6, 6.07) is 2.73. The number of nitrogens with one attached hydrogen (secondary N) is 1. The van der Waals surface area contributed by atoms with Crippen LogP contribution in [0.1, 0.15) is 26.7 Å². The fraction of sp³-hybridized carbons (Fsp3) is 0.625. The van der Waals surface area contributed by atoms with Crippen LogP contribution in [0.5, 0.6) is 0 Å². The average molecular weight is 329 g/mol. The molecule has 2 aromatic rings. The van der Waals surface area contributed by atoms with Crippen molar-refractivity contribution in [3.05, 3.63) is 16.7 Å². The van der Waals surface area contributed by atoms with Gasteiger partial charge in [0.1, 0.15) is 6.54 Å². The van der Waals surface area contributed by atoms with Crippen LogP contribution < -0.4 is 15.9 Å². The van der Waals surface area contributed by atoms with Crippen molar-refractivity contribution in [2.75, 3.05) is 18.0 Å². The second-order valence-corrected chi connectivity index (χ2v) is 6.22. The lowest BCUT2D eigenvalue weighted by molar-refractivity contribution is 0.377. The van der Waals surface area contributed by atoms with Crippen LogP contribution in [0.15, 0.2) is 11.0 Å². The number of anilines is 1. The van der Waals surface area contributed by atoms with Crippen molar-refractivity contribution in [2.45, 2.75) is 45.3 Å². The summed E-state index contributed by atoms with van der Waals surface area (Å²) in [6.07, 6.45) is 3.72. The van der Waals surface area contributed by atoms with Gasteiger partial charge < -0.3 is 10.2 Å². The number of aryl methyl sites for hydroxylation is 1. The van der Waals surface area contributed by atoms with Crippen LogP contribution in [0, 0.1) is 11.3 Å². The van der Waals surface area contributed by atoms with Gasteiger partial charge in [-0.3, -0.25) is 9.25 Å². The van der Waals surface area contributed by atoms with Gasteiger partial charge in [0.25, 0.3) is 0 Å². The minimum Gasteiger partial charge on any atom is -0.349 e. The summed E-state index contributed by atoms with van der Waals surface area (Å²) >= 11 is 0. The Kier molecular flexibility index (Phi) is 4.53. The van der Waals surface area contributed by atoms with E-state index in [1.807, 2.05) is 0 Å². The maximum absolute atomic E-state index is 12.3. The van der Waals surface area contributed by atoms with Crippen LogP contribution in [0.4, 0.5) is 5.82 Å². The van der Waals surface area contributed by atoms with Crippen molar-refractivity contribution >= 4 is 16.9 Å². The zero-order valence-corrected chi connectivity index (χ0v) is 14.4. The lowest BCUT2D eigenvalue weighted by Crippen LogP contribution is -2.57. The molecule has 0 aromatic carbocycles. The molecule has 2 atom stereocenters. The number of hydrogen-bond donors (Lipinski definition) is 1. The first kappa shape index (κ1) is 16.5. The van der Waals surface area contributed by atoms with Crippen LogP contribution in [-0.2, 0) is 13.6 Å². The van der Waals surface area contributed by atoms with E-state index >= 15 is 0 Å². The third-order valence-corrected chi connectivity index (χ3v) is 4.77. The van der Waals surface area contributed by atoms with Crippen molar-refractivity contribution in [3.63, 3.8) is 0 Å². The average Bonchev–Trinajstić information content (AvgIpc) is 3.02. The highest BCUT2D eigenvalue weighted by molar-refractivity contribution is 5.85. The van der Waals surface area contributed by atoms with Crippen molar-refractivity contribution in [1.29, 1.82) is 5.26 Å². The molecule has 8 heteroatoms. The van der Waals surface area contributed by atoms with Gasteiger partial charge in [0, 0.05) is 32.2 Å². The standard InChI is InChI=1S/C16H23N7O/c1-4-11-9-23(12(5-2)8-18-11)15-14-13(21(3)16(24)19-15)10-22(20-14)7-6-17/h10-12,18H,4-5,7-9H2,1-3H3/t11-,12+/m1/s1. The Morgan fingerprint density at radius 2 is 2.21 bits per heavy atom. The summed E-state index contributed by atoms with van der Waals surface area (Å²) < 4.78 is 3.05. The van der Waals surface area contributed by atoms with Crippen LogP contribution in [0.25, 0.3) is 11.0 Å². The molecule has 3 rings (SSSR count). The SMILES string of the molecule is CC[C@@H]1CN(c2nc(=O)n(C)c3cn(CC#N)nc23)[C@@H](CC)CN1. The van der Waals surface area contributed by atoms with Crippen molar-refractivity contribution < 1.29 is 0 Å². The first-order valence-electron chi connectivity index (χ1n) is 8.40. The van der Waals surface area contributed by atoms with Gasteiger partial charge in [-0.2, -0.15) is 15.3 Å². The highest BCUT2D eigenvalue weighted by Crippen LogP contribution is 2.26. The van der Waals surface area contributed by atoms with Gasteiger partial charge in [0.2, 0.25) is 0 Å². The topological polar surface area (TPSA) is 91.8 Å². The molecule has 0 unspecified atom stereocenters. The Bertz CT molecular complexity index is 831. The van der Waals surface area contributed by atoms with E-state index in [0.29, 0.717) is 22.9 Å². The number of piperazine rings is 1. The van der Waals surface area contributed by atoms with E-state index in [2.05, 4.69) is 40.2 Å². The first-order valence-corrected chi connectivity index (χ1v) is 8.40. The molecule has 0 spiro atoms. The molecule has 1 aliphatic rings. The molecule has 0 bridgehead atoms. The molecule has 0 aliphatic carbocycles. The molecular weight excluding hydrogens is 306 g/mol. The van der Waals surface area contributed by atoms with Crippen molar-refractivity contribution in [2.24, 2.45) is 7.05 Å². The lowest BCUT2D eigenvalue weighted by Gasteiger charge is -2.40. The number of rotatable bonds is 4. The van der Waals surface area contributed by atoms with E-state index in [0.717, 1.165) is 25.9 Å². The molecule has 0 saturated carbocycles. The number of hydrogen-bond acceptors (Lipinski definition) is 6. The Hall–Kier alpha value is -2.40. The summed E-state index contributed by atoms with van der Waals surface area (Å²) in [5, 5.41) is 17.0. The summed E-state index contributed by atoms with van der Waals surface area (Å²) in [5.41, 5.74) is 1.10. The van der Waals surface area contributed by atoms with E-state index in [9.17, 15) is 4.79 Å². The van der Waals surface area contributed by atoms with Gasteiger partial charge in [-0.1, -0.05) is 13.8 Å². The van der Waals surface area contributed by atoms with Crippen LogP contribution >= 0.6 is 0 Å². The summed E-state index contributed by atoms with van der Waals surface area (Å²) in [7, 11) is 1.68. The predicted octanol–water partition coefficient (Wildman–Crippen LogP) is 0.620. The molecule has 0 radical (unpaired) electrons. The number of aromatic nitrogens is 4. The van der Waals surface area contributed by atoms with Crippen LogP contribution in [-0.4, -0.2) is 44.5 Å². The smallest absolute Gasteiger partial charge is 0.349 e. The highest BCUT2D eigenvalue weighted by atomic mass is 16.1. The molecule has 1 aliphatic heterocycles. The fourth-order valence-corrected chi connectivity index (χ4v) is 3.25. The predicted molar refractivity (Wildman–Crippen MR) is 91.9 cm³/mol. The second-order valence-electron chi connectivity index (χ2n) is 6.22. The van der Waals surface area contributed by atoms with E-state index < -0.39 is 0 Å².